The number of para-hydroxylation sites is 2. The lowest BCUT2D eigenvalue weighted by Crippen LogP contribution is -2.45. The summed E-state index contributed by atoms with van der Waals surface area (Å²) < 4.78 is 0.156. The van der Waals surface area contributed by atoms with Crippen LogP contribution < -0.4 is 21.0 Å². The van der Waals surface area contributed by atoms with E-state index in [1.54, 1.807) is 49.4 Å². The maximum atomic E-state index is 13.5. The molecule has 1 amide bonds. The number of aromatic nitrogens is 3. The molecule has 10 heteroatoms. The Balaban J connectivity index is 1.86. The van der Waals surface area contributed by atoms with Crippen LogP contribution in [0.3, 0.4) is 0 Å². The van der Waals surface area contributed by atoms with E-state index in [0.29, 0.717) is 34.6 Å². The van der Waals surface area contributed by atoms with Crippen molar-refractivity contribution in [3.63, 3.8) is 0 Å². The van der Waals surface area contributed by atoms with Gasteiger partial charge in [-0.15, -0.1) is 0 Å². The first-order chi connectivity index (χ1) is 17.8. The van der Waals surface area contributed by atoms with Crippen LogP contribution in [0.5, 0.6) is 5.75 Å². The second-order valence-electron chi connectivity index (χ2n) is 8.25. The van der Waals surface area contributed by atoms with Crippen LogP contribution in [0.1, 0.15) is 28.4 Å². The molecule has 5 rings (SSSR count). The second-order valence-corrected chi connectivity index (χ2v) is 8.66. The van der Waals surface area contributed by atoms with Crippen LogP contribution in [0.25, 0.3) is 22.9 Å². The number of phenolic OH excluding ortho intramolecular Hbond substituents is 1. The fraction of sp³-hybridized carbons (Fsp3) is 0.0741. The van der Waals surface area contributed by atoms with Crippen molar-refractivity contribution in [1.29, 1.82) is 5.26 Å². The molecule has 0 unspecified atom stereocenters. The molecule has 0 aliphatic carbocycles. The molecule has 9 nitrogen and oxygen atoms in total. The Kier molecular flexibility index (Phi) is 5.91. The van der Waals surface area contributed by atoms with Gasteiger partial charge in [0.25, 0.3) is 11.5 Å². The average molecular weight is 510 g/mol. The quantitative estimate of drug-likeness (QED) is 0.312. The summed E-state index contributed by atoms with van der Waals surface area (Å²) in [7, 11) is 0. The summed E-state index contributed by atoms with van der Waals surface area (Å²) in [4.78, 5) is 44.2. The fourth-order valence-electron chi connectivity index (χ4n) is 4.42. The van der Waals surface area contributed by atoms with Gasteiger partial charge >= 0.3 is 0 Å². The number of phenols is 1. The van der Waals surface area contributed by atoms with Gasteiger partial charge in [0.1, 0.15) is 22.0 Å². The number of anilines is 1. The second kappa shape index (κ2) is 9.22. The van der Waals surface area contributed by atoms with Crippen LogP contribution in [0.2, 0.25) is 0 Å². The molecule has 0 spiro atoms. The molecule has 0 atom stereocenters. The lowest BCUT2D eigenvalue weighted by Gasteiger charge is -2.28. The number of pyridine rings is 1. The average Bonchev–Trinajstić information content (AvgIpc) is 3.25. The number of hydrogen-bond donors (Lipinski definition) is 4. The van der Waals surface area contributed by atoms with Crippen molar-refractivity contribution >= 4 is 41.2 Å². The van der Waals surface area contributed by atoms with Gasteiger partial charge in [-0.25, -0.2) is 0 Å². The van der Waals surface area contributed by atoms with Gasteiger partial charge < -0.3 is 15.0 Å². The number of amides is 1. The van der Waals surface area contributed by atoms with Crippen molar-refractivity contribution in [2.75, 3.05) is 11.4 Å². The molecule has 37 heavy (non-hydrogen) atoms. The standard InChI is InChI=1S/C27H19N5O4S/c1-2-32-19-9-5-3-7-16(19)24(34)21(27(32)36)23-18(25(35)31-30-23)12-14-11-15(13-28)26(37)29-22(14)17-8-4-6-10-20(17)33/h3-12,30,33H,2H2,1H3,(H,29,37)(H,31,35)/b18-12-,23-21+. The zero-order valence-electron chi connectivity index (χ0n) is 19.5. The van der Waals surface area contributed by atoms with E-state index in [1.165, 1.54) is 23.1 Å². The largest absolute Gasteiger partial charge is 0.507 e. The normalized spacial score (nSPS) is 15.0. The van der Waals surface area contributed by atoms with Crippen molar-refractivity contribution in [3.05, 3.63) is 96.8 Å². The van der Waals surface area contributed by atoms with E-state index in [-0.39, 0.29) is 32.1 Å². The predicted molar refractivity (Wildman–Crippen MR) is 140 cm³/mol. The van der Waals surface area contributed by atoms with E-state index in [9.17, 15) is 24.8 Å². The van der Waals surface area contributed by atoms with E-state index in [1.807, 2.05) is 6.07 Å². The minimum atomic E-state index is -0.575. The highest BCUT2D eigenvalue weighted by Gasteiger charge is 2.35. The topological polar surface area (TPSA) is 146 Å². The molecule has 0 saturated heterocycles. The van der Waals surface area contributed by atoms with Crippen molar-refractivity contribution in [2.24, 2.45) is 0 Å². The highest BCUT2D eigenvalue weighted by atomic mass is 32.1. The number of carbonyl (C=O) groups is 2. The number of Topliss-reactive ketones (excluding diaryl/α,β-unsaturated/α-hetero) is 1. The predicted octanol–water partition coefficient (Wildman–Crippen LogP) is 2.23. The fourth-order valence-corrected chi connectivity index (χ4v) is 4.63. The number of ketones is 1. The van der Waals surface area contributed by atoms with Crippen LogP contribution in [-0.4, -0.2) is 38.5 Å². The third kappa shape index (κ3) is 3.87. The highest BCUT2D eigenvalue weighted by Crippen LogP contribution is 2.31. The van der Waals surface area contributed by atoms with Gasteiger partial charge in [-0.2, -0.15) is 5.26 Å². The van der Waals surface area contributed by atoms with Gasteiger partial charge in [-0.3, -0.25) is 24.6 Å². The molecule has 0 fully saturated rings. The summed E-state index contributed by atoms with van der Waals surface area (Å²) in [5.74, 6) is -1.10. The molecule has 3 heterocycles. The number of carbonyl (C=O) groups excluding carboxylic acids is 2. The Morgan fingerprint density at radius 3 is 2.46 bits per heavy atom. The van der Waals surface area contributed by atoms with Gasteiger partial charge in [-0.05, 0) is 43.3 Å². The van der Waals surface area contributed by atoms with Crippen molar-refractivity contribution < 1.29 is 14.7 Å². The monoisotopic (exact) mass is 509 g/mol. The van der Waals surface area contributed by atoms with Crippen LogP contribution in [0, 0.1) is 16.0 Å². The molecule has 2 aromatic carbocycles. The summed E-state index contributed by atoms with van der Waals surface area (Å²) in [6.07, 6.45) is 1.45. The summed E-state index contributed by atoms with van der Waals surface area (Å²) in [5.41, 5.74) is 1.34. The molecule has 4 aromatic rings. The summed E-state index contributed by atoms with van der Waals surface area (Å²) in [6.45, 7) is 2.11. The van der Waals surface area contributed by atoms with E-state index in [2.05, 4.69) is 15.2 Å². The first-order valence-corrected chi connectivity index (χ1v) is 11.7. The van der Waals surface area contributed by atoms with E-state index >= 15 is 0 Å². The Morgan fingerprint density at radius 2 is 1.76 bits per heavy atom. The third-order valence-corrected chi connectivity index (χ3v) is 6.49. The van der Waals surface area contributed by atoms with Crippen molar-refractivity contribution in [3.8, 4) is 23.1 Å². The number of nitrogens with zero attached hydrogens (tertiary/aromatic N) is 2. The lowest BCUT2D eigenvalue weighted by atomic mass is 9.94. The SMILES string of the molecule is CCN1C(=O)/C(=c2/[nH][nH]c(=O)/c2=C\c2cc(C#N)c(=S)[nH]c2-c2ccccc2O)C(=O)c2ccccc21. The van der Waals surface area contributed by atoms with Crippen LogP contribution in [0.4, 0.5) is 5.69 Å². The minimum absolute atomic E-state index is 0.0122. The molecule has 0 bridgehead atoms. The van der Waals surface area contributed by atoms with Crippen LogP contribution in [0.15, 0.2) is 59.4 Å². The number of aromatic hydroxyl groups is 1. The Hall–Kier alpha value is -5.01. The molecule has 2 aromatic heterocycles. The minimum Gasteiger partial charge on any atom is -0.507 e. The van der Waals surface area contributed by atoms with E-state index < -0.39 is 17.2 Å². The summed E-state index contributed by atoms with van der Waals surface area (Å²) in [6, 6.07) is 16.8. The number of nitriles is 1. The molecular weight excluding hydrogens is 490 g/mol. The summed E-state index contributed by atoms with van der Waals surface area (Å²) >= 11 is 5.29. The Morgan fingerprint density at radius 1 is 1.05 bits per heavy atom. The van der Waals surface area contributed by atoms with Crippen molar-refractivity contribution in [1.82, 2.24) is 15.2 Å². The number of rotatable bonds is 3. The first-order valence-electron chi connectivity index (χ1n) is 11.3. The number of hydrogen-bond acceptors (Lipinski definition) is 6. The van der Waals surface area contributed by atoms with Crippen LogP contribution >= 0.6 is 12.2 Å². The Bertz CT molecular complexity index is 1890. The molecule has 0 radical (unpaired) electrons. The van der Waals surface area contributed by atoms with Crippen molar-refractivity contribution in [2.45, 2.75) is 6.92 Å². The maximum Gasteiger partial charge on any atom is 0.271 e. The number of aromatic amines is 3. The Labute approximate surface area is 214 Å². The van der Waals surface area contributed by atoms with Gasteiger partial charge in [0.2, 0.25) is 5.78 Å². The van der Waals surface area contributed by atoms with Gasteiger partial charge in [0.15, 0.2) is 0 Å². The third-order valence-electron chi connectivity index (χ3n) is 6.17. The van der Waals surface area contributed by atoms with Gasteiger partial charge in [0.05, 0.1) is 27.5 Å². The smallest absolute Gasteiger partial charge is 0.271 e. The number of fused-ring (bicyclic) bond motifs is 1. The molecule has 4 N–H and O–H groups in total. The zero-order chi connectivity index (χ0) is 26.3. The zero-order valence-corrected chi connectivity index (χ0v) is 20.3. The number of benzene rings is 2. The van der Waals surface area contributed by atoms with Crippen LogP contribution in [-0.2, 0) is 4.79 Å². The lowest BCUT2D eigenvalue weighted by molar-refractivity contribution is -0.113. The first kappa shape index (κ1) is 23.7. The van der Waals surface area contributed by atoms with E-state index in [0.717, 1.165) is 0 Å². The molecule has 1 aliphatic rings. The van der Waals surface area contributed by atoms with E-state index in [4.69, 9.17) is 12.2 Å². The van der Waals surface area contributed by atoms with Gasteiger partial charge in [0, 0.05) is 23.2 Å². The van der Waals surface area contributed by atoms with Gasteiger partial charge in [-0.1, -0.05) is 36.5 Å². The summed E-state index contributed by atoms with van der Waals surface area (Å²) in [5, 5.41) is 25.2. The molecule has 0 saturated carbocycles. The number of nitrogens with one attached hydrogen (secondary N) is 3. The molecule has 1 aliphatic heterocycles. The maximum absolute atomic E-state index is 13.5. The highest BCUT2D eigenvalue weighted by molar-refractivity contribution is 7.71. The number of H-pyrrole nitrogens is 3. The molecule has 182 valence electrons. The molecular formula is C27H19N5O4S.